The van der Waals surface area contributed by atoms with E-state index in [-0.39, 0.29) is 12.4 Å². The molecule has 0 radical (unpaired) electrons. The van der Waals surface area contributed by atoms with Crippen LogP contribution in [0.4, 0.5) is 0 Å². The first-order valence-corrected chi connectivity index (χ1v) is 8.31. The van der Waals surface area contributed by atoms with E-state index in [1.165, 1.54) is 12.8 Å². The van der Waals surface area contributed by atoms with Gasteiger partial charge >= 0.3 is 0 Å². The van der Waals surface area contributed by atoms with Gasteiger partial charge in [0, 0.05) is 5.92 Å². The average Bonchev–Trinajstić information content (AvgIpc) is 3.23. The standard InChI is InChI=1S/C18H26O4/c1-14(22-17-4-2-3-5-17)20-10-8-19-9-11-21-18-13-15-6-7-16(18)12-15/h2-7,14-18H,8-13H2,1H3. The maximum Gasteiger partial charge on any atom is 0.156 e. The Balaban J connectivity index is 1.15. The smallest absolute Gasteiger partial charge is 0.156 e. The number of ether oxygens (including phenoxy) is 4. The summed E-state index contributed by atoms with van der Waals surface area (Å²) in [5, 5.41) is 0. The van der Waals surface area contributed by atoms with E-state index in [2.05, 4.69) is 12.2 Å². The highest BCUT2D eigenvalue weighted by Gasteiger charge is 2.36. The molecule has 0 heterocycles. The van der Waals surface area contributed by atoms with E-state index in [9.17, 15) is 0 Å². The van der Waals surface area contributed by atoms with Crippen LogP contribution in [0.5, 0.6) is 0 Å². The van der Waals surface area contributed by atoms with Crippen molar-refractivity contribution in [2.24, 2.45) is 11.8 Å². The van der Waals surface area contributed by atoms with E-state index >= 15 is 0 Å². The highest BCUT2D eigenvalue weighted by molar-refractivity contribution is 5.19. The van der Waals surface area contributed by atoms with Crippen molar-refractivity contribution < 1.29 is 18.9 Å². The predicted octanol–water partition coefficient (Wildman–Crippen LogP) is 2.86. The summed E-state index contributed by atoms with van der Waals surface area (Å²) in [6.45, 7) is 4.32. The lowest BCUT2D eigenvalue weighted by molar-refractivity contribution is -0.147. The van der Waals surface area contributed by atoms with Crippen LogP contribution in [0.3, 0.4) is 0 Å². The Morgan fingerprint density at radius 3 is 2.50 bits per heavy atom. The molecule has 4 unspecified atom stereocenters. The summed E-state index contributed by atoms with van der Waals surface area (Å²) in [6, 6.07) is 0. The molecule has 0 saturated heterocycles. The van der Waals surface area contributed by atoms with E-state index in [1.807, 2.05) is 31.2 Å². The van der Waals surface area contributed by atoms with Crippen LogP contribution >= 0.6 is 0 Å². The van der Waals surface area contributed by atoms with Crippen molar-refractivity contribution in [3.63, 3.8) is 0 Å². The van der Waals surface area contributed by atoms with E-state index in [1.54, 1.807) is 0 Å². The maximum absolute atomic E-state index is 5.90. The van der Waals surface area contributed by atoms with Gasteiger partial charge in [0.1, 0.15) is 0 Å². The van der Waals surface area contributed by atoms with Crippen LogP contribution in [0.25, 0.3) is 0 Å². The lowest BCUT2D eigenvalue weighted by atomic mass is 10.1. The highest BCUT2D eigenvalue weighted by Crippen LogP contribution is 2.40. The molecule has 0 aromatic heterocycles. The summed E-state index contributed by atoms with van der Waals surface area (Å²) >= 11 is 0. The molecule has 2 bridgehead atoms. The van der Waals surface area contributed by atoms with Crippen molar-refractivity contribution in [2.75, 3.05) is 26.4 Å². The monoisotopic (exact) mass is 306 g/mol. The van der Waals surface area contributed by atoms with Crippen molar-refractivity contribution in [3.05, 3.63) is 36.5 Å². The van der Waals surface area contributed by atoms with E-state index in [4.69, 9.17) is 18.9 Å². The van der Waals surface area contributed by atoms with Gasteiger partial charge in [-0.1, -0.05) is 36.5 Å². The second-order valence-corrected chi connectivity index (χ2v) is 6.11. The molecule has 4 nitrogen and oxygen atoms in total. The van der Waals surface area contributed by atoms with Crippen LogP contribution in [0.1, 0.15) is 19.8 Å². The summed E-state index contributed by atoms with van der Waals surface area (Å²) < 4.78 is 22.7. The quantitative estimate of drug-likeness (QED) is 0.353. The zero-order valence-corrected chi connectivity index (χ0v) is 13.2. The predicted molar refractivity (Wildman–Crippen MR) is 84.5 cm³/mol. The molecule has 3 aliphatic rings. The lowest BCUT2D eigenvalue weighted by Crippen LogP contribution is -2.22. The molecule has 0 aromatic carbocycles. The van der Waals surface area contributed by atoms with E-state index < -0.39 is 0 Å². The molecule has 4 heteroatoms. The first kappa shape index (κ1) is 15.9. The Kier molecular flexibility index (Phi) is 5.84. The van der Waals surface area contributed by atoms with Crippen LogP contribution in [0, 0.1) is 11.8 Å². The largest absolute Gasteiger partial charge is 0.377 e. The van der Waals surface area contributed by atoms with Crippen molar-refractivity contribution in [1.82, 2.24) is 0 Å². The van der Waals surface area contributed by atoms with Gasteiger partial charge < -0.3 is 18.9 Å². The molecular formula is C18H26O4. The van der Waals surface area contributed by atoms with Crippen LogP contribution in [0.15, 0.2) is 36.5 Å². The minimum Gasteiger partial charge on any atom is -0.377 e. The van der Waals surface area contributed by atoms with E-state index in [0.717, 1.165) is 5.92 Å². The summed E-state index contributed by atoms with van der Waals surface area (Å²) in [5.74, 6) is 1.40. The van der Waals surface area contributed by atoms with Gasteiger partial charge in [0.05, 0.1) is 38.6 Å². The third-order valence-electron chi connectivity index (χ3n) is 4.42. The molecule has 0 amide bonds. The van der Waals surface area contributed by atoms with Crippen LogP contribution in [-0.4, -0.2) is 44.9 Å². The van der Waals surface area contributed by atoms with Crippen LogP contribution in [-0.2, 0) is 18.9 Å². The van der Waals surface area contributed by atoms with Crippen molar-refractivity contribution >= 4 is 0 Å². The molecule has 1 fully saturated rings. The normalized spacial score (nSPS) is 30.7. The summed E-state index contributed by atoms with van der Waals surface area (Å²) in [4.78, 5) is 0. The summed E-state index contributed by atoms with van der Waals surface area (Å²) in [5.41, 5.74) is 0. The van der Waals surface area contributed by atoms with Crippen molar-refractivity contribution in [1.29, 1.82) is 0 Å². The molecule has 22 heavy (non-hydrogen) atoms. The van der Waals surface area contributed by atoms with E-state index in [0.29, 0.717) is 38.4 Å². The first-order valence-electron chi connectivity index (χ1n) is 8.31. The summed E-state index contributed by atoms with van der Waals surface area (Å²) in [7, 11) is 0. The molecule has 0 spiro atoms. The minimum absolute atomic E-state index is 0.0418. The number of hydrogen-bond donors (Lipinski definition) is 0. The summed E-state index contributed by atoms with van der Waals surface area (Å²) in [6.07, 6.45) is 15.3. The SMILES string of the molecule is CC(OCCOCCOC1CC2C=CC1C2)OC1C=CC=C1. The fourth-order valence-electron chi connectivity index (χ4n) is 3.32. The molecular weight excluding hydrogens is 280 g/mol. The molecule has 1 saturated carbocycles. The zero-order valence-electron chi connectivity index (χ0n) is 13.2. The average molecular weight is 306 g/mol. The molecule has 0 aliphatic heterocycles. The zero-order chi connectivity index (χ0) is 15.2. The van der Waals surface area contributed by atoms with Gasteiger partial charge in [0.2, 0.25) is 0 Å². The fourth-order valence-corrected chi connectivity index (χ4v) is 3.32. The molecule has 4 atom stereocenters. The van der Waals surface area contributed by atoms with Gasteiger partial charge in [-0.15, -0.1) is 0 Å². The molecule has 3 aliphatic carbocycles. The number of rotatable bonds is 10. The third-order valence-corrected chi connectivity index (χ3v) is 4.42. The molecule has 3 rings (SSSR count). The lowest BCUT2D eigenvalue weighted by Gasteiger charge is -2.19. The topological polar surface area (TPSA) is 36.9 Å². The van der Waals surface area contributed by atoms with Gasteiger partial charge in [-0.3, -0.25) is 0 Å². The Bertz CT molecular complexity index is 417. The number of fused-ring (bicyclic) bond motifs is 2. The highest BCUT2D eigenvalue weighted by atomic mass is 16.7. The Hall–Kier alpha value is -0.940. The minimum atomic E-state index is -0.224. The van der Waals surface area contributed by atoms with Crippen molar-refractivity contribution in [3.8, 4) is 0 Å². The Morgan fingerprint density at radius 2 is 1.77 bits per heavy atom. The molecule has 0 aromatic rings. The van der Waals surface area contributed by atoms with Gasteiger partial charge in [-0.2, -0.15) is 0 Å². The third kappa shape index (κ3) is 4.53. The maximum atomic E-state index is 5.90. The first-order chi connectivity index (χ1) is 10.8. The van der Waals surface area contributed by atoms with Crippen molar-refractivity contribution in [2.45, 2.75) is 38.3 Å². The van der Waals surface area contributed by atoms with Gasteiger partial charge in [-0.25, -0.2) is 0 Å². The Morgan fingerprint density at radius 1 is 0.955 bits per heavy atom. The number of allylic oxidation sites excluding steroid dienone is 3. The molecule has 0 N–H and O–H groups in total. The Labute approximate surface area is 132 Å². The fraction of sp³-hybridized carbons (Fsp3) is 0.667. The second-order valence-electron chi connectivity index (χ2n) is 6.11. The van der Waals surface area contributed by atoms with Crippen LogP contribution < -0.4 is 0 Å². The number of hydrogen-bond acceptors (Lipinski definition) is 4. The van der Waals surface area contributed by atoms with Gasteiger partial charge in [0.25, 0.3) is 0 Å². The molecule has 122 valence electrons. The van der Waals surface area contributed by atoms with Gasteiger partial charge in [-0.05, 0) is 25.7 Å². The van der Waals surface area contributed by atoms with Crippen LogP contribution in [0.2, 0.25) is 0 Å². The van der Waals surface area contributed by atoms with Gasteiger partial charge in [0.15, 0.2) is 6.29 Å². The second kappa shape index (κ2) is 8.06.